The third-order valence-corrected chi connectivity index (χ3v) is 3.56. The number of hydrogen-bond acceptors (Lipinski definition) is 4. The van der Waals surface area contributed by atoms with Crippen LogP contribution in [0.5, 0.6) is 11.5 Å². The summed E-state index contributed by atoms with van der Waals surface area (Å²) in [6, 6.07) is 5.76. The standard InChI is InChI=1S/C11H15NO2.C8H12.C4H9N/c1-4-14-11-7-9(8-12-2)5-6-10(11)13-3;1-3-5-7-8-6-4-2;1-2-4-5-3-1/h5-7H,2,4,8H2,1,3H3;3-7H,1,8H2,2H3;5H,1-4H2/b;6-4-,7-5-;. The molecular weight excluding hydrogens is 336 g/mol. The molecule has 1 saturated heterocycles. The minimum Gasteiger partial charge on any atom is -0.493 e. The molecule has 1 aromatic rings. The average molecular weight is 373 g/mol. The summed E-state index contributed by atoms with van der Waals surface area (Å²) in [5.41, 5.74) is 1.07. The first kappa shape index (κ1) is 24.7. The third kappa shape index (κ3) is 13.5. The summed E-state index contributed by atoms with van der Waals surface area (Å²) in [6.07, 6.45) is 13.7. The summed E-state index contributed by atoms with van der Waals surface area (Å²) in [4.78, 5) is 3.82. The first-order valence-corrected chi connectivity index (χ1v) is 9.55. The number of rotatable bonds is 8. The second kappa shape index (κ2) is 18.5. The minimum absolute atomic E-state index is 0.601. The topological polar surface area (TPSA) is 42.9 Å². The van der Waals surface area contributed by atoms with Crippen molar-refractivity contribution in [1.29, 1.82) is 0 Å². The third-order valence-electron chi connectivity index (χ3n) is 3.56. The molecule has 4 heteroatoms. The monoisotopic (exact) mass is 372 g/mol. The summed E-state index contributed by atoms with van der Waals surface area (Å²) in [5.74, 6) is 1.51. The van der Waals surface area contributed by atoms with Gasteiger partial charge >= 0.3 is 0 Å². The highest BCUT2D eigenvalue weighted by molar-refractivity contribution is 5.43. The molecule has 1 aliphatic rings. The number of methoxy groups -OCH3 is 1. The lowest BCUT2D eigenvalue weighted by molar-refractivity contribution is 0.310. The van der Waals surface area contributed by atoms with Crippen molar-refractivity contribution in [3.05, 3.63) is 60.7 Å². The van der Waals surface area contributed by atoms with Crippen LogP contribution in [-0.2, 0) is 6.54 Å². The largest absolute Gasteiger partial charge is 0.493 e. The zero-order valence-electron chi connectivity index (χ0n) is 17.2. The number of allylic oxidation sites excluding steroid dienone is 5. The van der Waals surface area contributed by atoms with Crippen LogP contribution in [0.1, 0.15) is 38.7 Å². The lowest BCUT2D eigenvalue weighted by Crippen LogP contribution is -2.03. The van der Waals surface area contributed by atoms with Crippen LogP contribution in [0.3, 0.4) is 0 Å². The molecule has 27 heavy (non-hydrogen) atoms. The molecule has 0 aromatic heterocycles. The van der Waals surface area contributed by atoms with Crippen molar-refractivity contribution in [2.24, 2.45) is 4.99 Å². The fraction of sp³-hybridized carbons (Fsp3) is 0.435. The van der Waals surface area contributed by atoms with Crippen LogP contribution in [0.2, 0.25) is 0 Å². The van der Waals surface area contributed by atoms with Gasteiger partial charge in [-0.15, -0.1) is 0 Å². The number of hydrogen-bond donors (Lipinski definition) is 1. The molecule has 0 radical (unpaired) electrons. The summed E-state index contributed by atoms with van der Waals surface area (Å²) in [6.45, 7) is 14.7. The Morgan fingerprint density at radius 3 is 2.41 bits per heavy atom. The van der Waals surface area contributed by atoms with Gasteiger partial charge in [-0.05, 0) is 70.6 Å². The summed E-state index contributed by atoms with van der Waals surface area (Å²) < 4.78 is 10.6. The van der Waals surface area contributed by atoms with Gasteiger partial charge in [-0.1, -0.05) is 43.0 Å². The van der Waals surface area contributed by atoms with E-state index in [1.807, 2.05) is 44.2 Å². The highest BCUT2D eigenvalue weighted by Gasteiger charge is 2.04. The zero-order valence-corrected chi connectivity index (χ0v) is 17.2. The van der Waals surface area contributed by atoms with Crippen molar-refractivity contribution in [3.63, 3.8) is 0 Å². The van der Waals surface area contributed by atoms with Gasteiger partial charge in [-0.25, -0.2) is 0 Å². The number of benzene rings is 1. The van der Waals surface area contributed by atoms with Crippen LogP contribution in [-0.4, -0.2) is 33.5 Å². The maximum absolute atomic E-state index is 5.43. The van der Waals surface area contributed by atoms with Crippen molar-refractivity contribution in [2.45, 2.75) is 39.7 Å². The normalized spacial score (nSPS) is 12.7. The Bertz CT molecular complexity index is 554. The number of nitrogens with one attached hydrogen (secondary N) is 1. The molecule has 1 aliphatic heterocycles. The van der Waals surface area contributed by atoms with Crippen molar-refractivity contribution >= 4 is 6.72 Å². The van der Waals surface area contributed by atoms with E-state index < -0.39 is 0 Å². The first-order valence-electron chi connectivity index (χ1n) is 9.55. The van der Waals surface area contributed by atoms with Gasteiger partial charge in [0, 0.05) is 0 Å². The first-order chi connectivity index (χ1) is 13.2. The maximum atomic E-state index is 5.43. The van der Waals surface area contributed by atoms with Gasteiger partial charge in [0.25, 0.3) is 0 Å². The smallest absolute Gasteiger partial charge is 0.161 e. The lowest BCUT2D eigenvalue weighted by atomic mass is 10.2. The lowest BCUT2D eigenvalue weighted by Gasteiger charge is -2.09. The number of aliphatic imine (C=N–C) groups is 1. The molecule has 0 saturated carbocycles. The van der Waals surface area contributed by atoms with Gasteiger partial charge in [0.2, 0.25) is 0 Å². The molecule has 1 N–H and O–H groups in total. The molecule has 0 bridgehead atoms. The highest BCUT2D eigenvalue weighted by Crippen LogP contribution is 2.28. The molecule has 0 amide bonds. The van der Waals surface area contributed by atoms with Gasteiger partial charge in [0.05, 0.1) is 20.3 Å². The van der Waals surface area contributed by atoms with E-state index in [-0.39, 0.29) is 0 Å². The van der Waals surface area contributed by atoms with Crippen molar-refractivity contribution < 1.29 is 9.47 Å². The van der Waals surface area contributed by atoms with E-state index in [2.05, 4.69) is 35.8 Å². The van der Waals surface area contributed by atoms with E-state index in [9.17, 15) is 0 Å². The van der Waals surface area contributed by atoms with Crippen LogP contribution in [0.25, 0.3) is 0 Å². The van der Waals surface area contributed by atoms with Crippen molar-refractivity contribution in [3.8, 4) is 11.5 Å². The van der Waals surface area contributed by atoms with E-state index in [4.69, 9.17) is 9.47 Å². The second-order valence-corrected chi connectivity index (χ2v) is 5.73. The average Bonchev–Trinajstić information content (AvgIpc) is 3.27. The molecular formula is C23H36N2O2. The Hall–Kier alpha value is -2.33. The van der Waals surface area contributed by atoms with Gasteiger partial charge in [0.15, 0.2) is 11.5 Å². The van der Waals surface area contributed by atoms with Crippen LogP contribution in [0.4, 0.5) is 0 Å². The minimum atomic E-state index is 0.601. The van der Waals surface area contributed by atoms with Crippen LogP contribution >= 0.6 is 0 Å². The fourth-order valence-corrected chi connectivity index (χ4v) is 2.23. The number of ether oxygens (including phenoxy) is 2. The molecule has 1 aromatic carbocycles. The van der Waals surface area contributed by atoms with Gasteiger partial charge in [-0.3, -0.25) is 4.99 Å². The maximum Gasteiger partial charge on any atom is 0.161 e. The van der Waals surface area contributed by atoms with Gasteiger partial charge < -0.3 is 14.8 Å². The fourth-order valence-electron chi connectivity index (χ4n) is 2.23. The molecule has 2 rings (SSSR count). The van der Waals surface area contributed by atoms with E-state index in [1.165, 1.54) is 25.9 Å². The molecule has 1 fully saturated rings. The molecule has 150 valence electrons. The molecule has 0 atom stereocenters. The van der Waals surface area contributed by atoms with Crippen molar-refractivity contribution in [1.82, 2.24) is 5.32 Å². The molecule has 0 spiro atoms. The quantitative estimate of drug-likeness (QED) is 0.379. The Labute approximate surface area is 165 Å². The van der Waals surface area contributed by atoms with E-state index in [1.54, 1.807) is 13.2 Å². The Morgan fingerprint density at radius 1 is 1.19 bits per heavy atom. The van der Waals surface area contributed by atoms with Gasteiger partial charge in [0.1, 0.15) is 0 Å². The molecule has 0 aliphatic carbocycles. The van der Waals surface area contributed by atoms with Crippen LogP contribution in [0.15, 0.2) is 60.2 Å². The van der Waals surface area contributed by atoms with Crippen LogP contribution in [0, 0.1) is 0 Å². The summed E-state index contributed by atoms with van der Waals surface area (Å²) >= 11 is 0. The SMILES string of the molecule is C1CCNC1.C=C/C=C\C/C=C\C.C=NCc1ccc(OC)c(OCC)c1. The molecule has 0 unspecified atom stereocenters. The predicted octanol–water partition coefficient (Wildman–Crippen LogP) is 5.36. The Kier molecular flexibility index (Phi) is 16.9. The number of nitrogens with zero attached hydrogens (tertiary/aromatic N) is 1. The zero-order chi connectivity index (χ0) is 20.2. The van der Waals surface area contributed by atoms with E-state index in [0.29, 0.717) is 13.2 Å². The van der Waals surface area contributed by atoms with E-state index in [0.717, 1.165) is 23.5 Å². The summed E-state index contributed by atoms with van der Waals surface area (Å²) in [7, 11) is 1.63. The molecule has 4 nitrogen and oxygen atoms in total. The van der Waals surface area contributed by atoms with Crippen molar-refractivity contribution in [2.75, 3.05) is 26.8 Å². The van der Waals surface area contributed by atoms with E-state index >= 15 is 0 Å². The second-order valence-electron chi connectivity index (χ2n) is 5.73. The predicted molar refractivity (Wildman–Crippen MR) is 118 cm³/mol. The van der Waals surface area contributed by atoms with Gasteiger partial charge in [-0.2, -0.15) is 0 Å². The van der Waals surface area contributed by atoms with Crippen LogP contribution < -0.4 is 14.8 Å². The Balaban J connectivity index is 0.000000435. The highest BCUT2D eigenvalue weighted by atomic mass is 16.5. The summed E-state index contributed by atoms with van der Waals surface area (Å²) in [5, 5.41) is 3.22. The molecule has 1 heterocycles. The Morgan fingerprint density at radius 2 is 1.93 bits per heavy atom.